The Labute approximate surface area is 106 Å². The lowest BCUT2D eigenvalue weighted by molar-refractivity contribution is 0.184. The minimum absolute atomic E-state index is 0.213. The van der Waals surface area contributed by atoms with Crippen molar-refractivity contribution in [3.63, 3.8) is 0 Å². The topological polar surface area (TPSA) is 20.2 Å². The zero-order valence-corrected chi connectivity index (χ0v) is 11.8. The molecule has 0 radical (unpaired) electrons. The van der Waals surface area contributed by atoms with Crippen LogP contribution in [-0.2, 0) is 6.42 Å². The standard InChI is InChI=1S/C16H26O/c1-11(2)14-7-6-8-15(12(3)4)16(14)10-9-13(5)17/h6-8,11-13,17H,9-10H2,1-5H3. The average molecular weight is 234 g/mol. The summed E-state index contributed by atoms with van der Waals surface area (Å²) in [5.74, 6) is 1.11. The lowest BCUT2D eigenvalue weighted by Gasteiger charge is -2.20. The van der Waals surface area contributed by atoms with Crippen molar-refractivity contribution in [2.24, 2.45) is 0 Å². The summed E-state index contributed by atoms with van der Waals surface area (Å²) in [7, 11) is 0. The van der Waals surface area contributed by atoms with Crippen LogP contribution in [0.5, 0.6) is 0 Å². The summed E-state index contributed by atoms with van der Waals surface area (Å²) in [6.45, 7) is 10.8. The van der Waals surface area contributed by atoms with E-state index in [-0.39, 0.29) is 6.10 Å². The highest BCUT2D eigenvalue weighted by atomic mass is 16.3. The fraction of sp³-hybridized carbons (Fsp3) is 0.625. The fourth-order valence-corrected chi connectivity index (χ4v) is 2.35. The van der Waals surface area contributed by atoms with Crippen molar-refractivity contribution in [1.29, 1.82) is 0 Å². The first-order valence-electron chi connectivity index (χ1n) is 6.73. The molecule has 1 N–H and O–H groups in total. The SMILES string of the molecule is CC(O)CCc1c(C(C)C)cccc1C(C)C. The van der Waals surface area contributed by atoms with Crippen LogP contribution in [0, 0.1) is 0 Å². The maximum Gasteiger partial charge on any atom is 0.0515 e. The summed E-state index contributed by atoms with van der Waals surface area (Å²) >= 11 is 0. The third-order valence-corrected chi connectivity index (χ3v) is 3.30. The van der Waals surface area contributed by atoms with Crippen molar-refractivity contribution in [3.8, 4) is 0 Å². The molecular weight excluding hydrogens is 208 g/mol. The highest BCUT2D eigenvalue weighted by Crippen LogP contribution is 2.28. The van der Waals surface area contributed by atoms with Gasteiger partial charge in [-0.2, -0.15) is 0 Å². The van der Waals surface area contributed by atoms with Crippen LogP contribution < -0.4 is 0 Å². The molecule has 0 saturated heterocycles. The molecule has 0 saturated carbocycles. The van der Waals surface area contributed by atoms with Crippen LogP contribution in [0.1, 0.15) is 69.6 Å². The molecule has 0 aliphatic rings. The predicted molar refractivity (Wildman–Crippen MR) is 74.6 cm³/mol. The monoisotopic (exact) mass is 234 g/mol. The second-order valence-electron chi connectivity index (χ2n) is 5.61. The molecule has 1 unspecified atom stereocenters. The van der Waals surface area contributed by atoms with Gasteiger partial charge < -0.3 is 5.11 Å². The summed E-state index contributed by atoms with van der Waals surface area (Å²) in [5.41, 5.74) is 4.34. The van der Waals surface area contributed by atoms with Crippen molar-refractivity contribution in [2.45, 2.75) is 65.4 Å². The predicted octanol–water partition coefficient (Wildman–Crippen LogP) is 4.25. The van der Waals surface area contributed by atoms with E-state index < -0.39 is 0 Å². The van der Waals surface area contributed by atoms with Crippen molar-refractivity contribution in [3.05, 3.63) is 34.9 Å². The van der Waals surface area contributed by atoms with Gasteiger partial charge in [0.25, 0.3) is 0 Å². The second-order valence-corrected chi connectivity index (χ2v) is 5.61. The normalized spacial score (nSPS) is 13.4. The summed E-state index contributed by atoms with van der Waals surface area (Å²) in [6.07, 6.45) is 1.62. The maximum absolute atomic E-state index is 9.47. The van der Waals surface area contributed by atoms with Gasteiger partial charge in [0, 0.05) is 0 Å². The smallest absolute Gasteiger partial charge is 0.0515 e. The zero-order chi connectivity index (χ0) is 13.0. The first-order chi connectivity index (χ1) is 7.93. The Morgan fingerprint density at radius 3 is 1.76 bits per heavy atom. The second kappa shape index (κ2) is 6.20. The van der Waals surface area contributed by atoms with Gasteiger partial charge in [0.1, 0.15) is 0 Å². The van der Waals surface area contributed by atoms with Gasteiger partial charge in [-0.15, -0.1) is 0 Å². The van der Waals surface area contributed by atoms with E-state index in [1.54, 1.807) is 0 Å². The number of aliphatic hydroxyl groups is 1. The molecule has 96 valence electrons. The van der Waals surface area contributed by atoms with E-state index >= 15 is 0 Å². The molecule has 0 amide bonds. The third-order valence-electron chi connectivity index (χ3n) is 3.30. The van der Waals surface area contributed by atoms with Crippen LogP contribution in [0.15, 0.2) is 18.2 Å². The quantitative estimate of drug-likeness (QED) is 0.807. The fourth-order valence-electron chi connectivity index (χ4n) is 2.35. The molecular formula is C16H26O. The molecule has 1 nitrogen and oxygen atoms in total. The summed E-state index contributed by atoms with van der Waals surface area (Å²) < 4.78 is 0. The molecule has 1 rings (SSSR count). The van der Waals surface area contributed by atoms with E-state index in [1.807, 2.05) is 6.92 Å². The minimum atomic E-state index is -0.213. The highest BCUT2D eigenvalue weighted by molar-refractivity contribution is 5.39. The van der Waals surface area contributed by atoms with Gasteiger partial charge >= 0.3 is 0 Å². The number of hydrogen-bond acceptors (Lipinski definition) is 1. The van der Waals surface area contributed by atoms with Crippen molar-refractivity contribution < 1.29 is 5.11 Å². The van der Waals surface area contributed by atoms with E-state index in [2.05, 4.69) is 45.9 Å². The Bertz CT molecular complexity index is 324. The van der Waals surface area contributed by atoms with Gasteiger partial charge in [-0.05, 0) is 48.3 Å². The molecule has 0 bridgehead atoms. The van der Waals surface area contributed by atoms with Crippen molar-refractivity contribution >= 4 is 0 Å². The van der Waals surface area contributed by atoms with Crippen LogP contribution in [-0.4, -0.2) is 11.2 Å². The molecule has 17 heavy (non-hydrogen) atoms. The Morgan fingerprint density at radius 2 is 1.41 bits per heavy atom. The van der Waals surface area contributed by atoms with Gasteiger partial charge in [0.05, 0.1) is 6.10 Å². The first kappa shape index (κ1) is 14.2. The lowest BCUT2D eigenvalue weighted by atomic mass is 9.86. The molecule has 0 aliphatic heterocycles. The minimum Gasteiger partial charge on any atom is -0.393 e. The van der Waals surface area contributed by atoms with Gasteiger partial charge in [-0.1, -0.05) is 45.9 Å². The highest BCUT2D eigenvalue weighted by Gasteiger charge is 2.13. The number of hydrogen-bond donors (Lipinski definition) is 1. The van der Waals surface area contributed by atoms with Crippen molar-refractivity contribution in [1.82, 2.24) is 0 Å². The molecule has 0 heterocycles. The zero-order valence-electron chi connectivity index (χ0n) is 11.8. The van der Waals surface area contributed by atoms with E-state index in [0.29, 0.717) is 11.8 Å². The van der Waals surface area contributed by atoms with Gasteiger partial charge in [0.2, 0.25) is 0 Å². The molecule has 1 aromatic rings. The number of rotatable bonds is 5. The van der Waals surface area contributed by atoms with Crippen molar-refractivity contribution in [2.75, 3.05) is 0 Å². The molecule has 1 aromatic carbocycles. The van der Waals surface area contributed by atoms with E-state index in [1.165, 1.54) is 16.7 Å². The Kier molecular flexibility index (Phi) is 5.20. The lowest BCUT2D eigenvalue weighted by Crippen LogP contribution is -2.08. The molecule has 0 aromatic heterocycles. The number of benzene rings is 1. The van der Waals surface area contributed by atoms with E-state index in [0.717, 1.165) is 12.8 Å². The molecule has 0 aliphatic carbocycles. The van der Waals surface area contributed by atoms with Crippen LogP contribution in [0.4, 0.5) is 0 Å². The van der Waals surface area contributed by atoms with Crippen LogP contribution in [0.25, 0.3) is 0 Å². The Hall–Kier alpha value is -0.820. The van der Waals surface area contributed by atoms with Crippen LogP contribution >= 0.6 is 0 Å². The summed E-state index contributed by atoms with van der Waals surface area (Å²) in [4.78, 5) is 0. The molecule has 0 spiro atoms. The Morgan fingerprint density at radius 1 is 0.941 bits per heavy atom. The molecule has 1 heteroatoms. The van der Waals surface area contributed by atoms with Gasteiger partial charge in [-0.25, -0.2) is 0 Å². The van der Waals surface area contributed by atoms with Crippen LogP contribution in [0.2, 0.25) is 0 Å². The van der Waals surface area contributed by atoms with E-state index in [9.17, 15) is 5.11 Å². The van der Waals surface area contributed by atoms with E-state index in [4.69, 9.17) is 0 Å². The maximum atomic E-state index is 9.47. The van der Waals surface area contributed by atoms with Gasteiger partial charge in [-0.3, -0.25) is 0 Å². The van der Waals surface area contributed by atoms with Crippen LogP contribution in [0.3, 0.4) is 0 Å². The Balaban J connectivity index is 3.09. The molecule has 1 atom stereocenters. The number of aliphatic hydroxyl groups excluding tert-OH is 1. The largest absolute Gasteiger partial charge is 0.393 e. The molecule has 0 fully saturated rings. The summed E-state index contributed by atoms with van der Waals surface area (Å²) in [6, 6.07) is 6.62. The van der Waals surface area contributed by atoms with Gasteiger partial charge in [0.15, 0.2) is 0 Å². The third kappa shape index (κ3) is 3.85. The first-order valence-corrected chi connectivity index (χ1v) is 6.73. The summed E-state index contributed by atoms with van der Waals surface area (Å²) in [5, 5.41) is 9.47. The average Bonchev–Trinajstić information content (AvgIpc) is 2.25.